The third-order valence-electron chi connectivity index (χ3n) is 2.09. The van der Waals surface area contributed by atoms with Crippen molar-refractivity contribution in [1.29, 1.82) is 0 Å². The molecule has 0 spiro atoms. The summed E-state index contributed by atoms with van der Waals surface area (Å²) in [6.07, 6.45) is 0. The van der Waals surface area contributed by atoms with Crippen LogP contribution in [0.15, 0.2) is 24.3 Å². The summed E-state index contributed by atoms with van der Waals surface area (Å²) in [6.45, 7) is 2.40. The number of hydrogen-bond acceptors (Lipinski definition) is 3. The second-order valence-electron chi connectivity index (χ2n) is 3.41. The Hall–Kier alpha value is -1.42. The predicted molar refractivity (Wildman–Crippen MR) is 66.8 cm³/mol. The lowest BCUT2D eigenvalue weighted by Gasteiger charge is -2.11. The fourth-order valence-electron chi connectivity index (χ4n) is 1.21. The van der Waals surface area contributed by atoms with Gasteiger partial charge in [0, 0.05) is 0 Å². The van der Waals surface area contributed by atoms with Crippen LogP contribution in [-0.4, -0.2) is 31.5 Å². The molecule has 1 rings (SSSR count). The number of ether oxygens (including phenoxy) is 2. The lowest BCUT2D eigenvalue weighted by Crippen LogP contribution is -2.32. The summed E-state index contributed by atoms with van der Waals surface area (Å²) >= 11 is 5.60. The molecule has 0 saturated heterocycles. The highest BCUT2D eigenvalue weighted by Crippen LogP contribution is 2.25. The number of benzene rings is 1. The normalized spacial score (nSPS) is 11.7. The van der Waals surface area contributed by atoms with Crippen LogP contribution in [0.4, 0.5) is 0 Å². The average molecular weight is 258 g/mol. The van der Waals surface area contributed by atoms with Gasteiger partial charge in [0.15, 0.2) is 11.5 Å². The van der Waals surface area contributed by atoms with Gasteiger partial charge in [-0.15, -0.1) is 11.6 Å². The van der Waals surface area contributed by atoms with E-state index in [4.69, 9.17) is 21.1 Å². The molecule has 17 heavy (non-hydrogen) atoms. The number of carbonyl (C=O) groups excluding carboxylic acids is 1. The van der Waals surface area contributed by atoms with E-state index in [1.54, 1.807) is 14.0 Å². The minimum Gasteiger partial charge on any atom is -0.493 e. The molecule has 5 heteroatoms. The molecule has 0 fully saturated rings. The minimum absolute atomic E-state index is 0.199. The van der Waals surface area contributed by atoms with E-state index in [2.05, 4.69) is 5.32 Å². The van der Waals surface area contributed by atoms with Crippen LogP contribution in [0, 0.1) is 0 Å². The van der Waals surface area contributed by atoms with E-state index >= 15 is 0 Å². The Labute approximate surface area is 106 Å². The lowest BCUT2D eigenvalue weighted by molar-refractivity contribution is -0.120. The highest BCUT2D eigenvalue weighted by molar-refractivity contribution is 6.30. The van der Waals surface area contributed by atoms with Crippen molar-refractivity contribution >= 4 is 17.5 Å². The second kappa shape index (κ2) is 7.01. The first-order valence-electron chi connectivity index (χ1n) is 5.32. The molecule has 0 aliphatic rings. The van der Waals surface area contributed by atoms with Crippen molar-refractivity contribution < 1.29 is 14.3 Å². The fraction of sp³-hybridized carbons (Fsp3) is 0.417. The van der Waals surface area contributed by atoms with Crippen LogP contribution in [0.3, 0.4) is 0 Å². The zero-order valence-electron chi connectivity index (χ0n) is 9.90. The van der Waals surface area contributed by atoms with Gasteiger partial charge in [-0.05, 0) is 19.1 Å². The molecule has 0 bridgehead atoms. The number of alkyl halides is 1. The smallest absolute Gasteiger partial charge is 0.237 e. The Morgan fingerprint density at radius 2 is 2.06 bits per heavy atom. The van der Waals surface area contributed by atoms with Gasteiger partial charge in [0.1, 0.15) is 12.0 Å². The summed E-state index contributed by atoms with van der Waals surface area (Å²) in [5.41, 5.74) is 0. The summed E-state index contributed by atoms with van der Waals surface area (Å²) in [5.74, 6) is 1.13. The maximum atomic E-state index is 11.2. The van der Waals surface area contributed by atoms with Crippen LogP contribution in [-0.2, 0) is 4.79 Å². The molecule has 1 aromatic carbocycles. The predicted octanol–water partition coefficient (Wildman–Crippen LogP) is 1.82. The summed E-state index contributed by atoms with van der Waals surface area (Å²) in [7, 11) is 1.58. The molecule has 0 saturated carbocycles. The number of para-hydroxylation sites is 2. The Morgan fingerprint density at radius 1 is 1.41 bits per heavy atom. The maximum absolute atomic E-state index is 11.2. The molecule has 0 radical (unpaired) electrons. The molecule has 94 valence electrons. The molecule has 0 heterocycles. The first-order chi connectivity index (χ1) is 8.15. The summed E-state index contributed by atoms with van der Waals surface area (Å²) in [4.78, 5) is 11.2. The standard InChI is InChI=1S/C12H16ClNO3/c1-9(13)12(15)14-7-8-17-11-6-4-3-5-10(11)16-2/h3-6,9H,7-8H2,1-2H3,(H,14,15). The molecule has 1 unspecified atom stereocenters. The number of rotatable bonds is 6. The van der Waals surface area contributed by atoms with Crippen molar-refractivity contribution in [2.75, 3.05) is 20.3 Å². The van der Waals surface area contributed by atoms with E-state index in [9.17, 15) is 4.79 Å². The van der Waals surface area contributed by atoms with Crippen LogP contribution >= 0.6 is 11.6 Å². The zero-order chi connectivity index (χ0) is 12.7. The van der Waals surface area contributed by atoms with E-state index < -0.39 is 5.38 Å². The quantitative estimate of drug-likeness (QED) is 0.625. The topological polar surface area (TPSA) is 47.6 Å². The SMILES string of the molecule is COc1ccccc1OCCNC(=O)C(C)Cl. The average Bonchev–Trinajstić information content (AvgIpc) is 2.34. The van der Waals surface area contributed by atoms with Gasteiger partial charge >= 0.3 is 0 Å². The molecule has 1 aromatic rings. The first kappa shape index (κ1) is 13.6. The van der Waals surface area contributed by atoms with Crippen molar-refractivity contribution in [3.8, 4) is 11.5 Å². The Kier molecular flexibility index (Phi) is 5.63. The van der Waals surface area contributed by atoms with Crippen LogP contribution < -0.4 is 14.8 Å². The highest BCUT2D eigenvalue weighted by atomic mass is 35.5. The van der Waals surface area contributed by atoms with E-state index in [1.165, 1.54) is 0 Å². The first-order valence-corrected chi connectivity index (χ1v) is 5.76. The fourth-order valence-corrected chi connectivity index (χ4v) is 1.29. The number of methoxy groups -OCH3 is 1. The van der Waals surface area contributed by atoms with E-state index in [-0.39, 0.29) is 5.91 Å². The zero-order valence-corrected chi connectivity index (χ0v) is 10.7. The monoisotopic (exact) mass is 257 g/mol. The van der Waals surface area contributed by atoms with Gasteiger partial charge in [-0.25, -0.2) is 0 Å². The molecule has 1 atom stereocenters. The van der Waals surface area contributed by atoms with Crippen molar-refractivity contribution in [2.45, 2.75) is 12.3 Å². The molecule has 0 aliphatic carbocycles. The van der Waals surface area contributed by atoms with E-state index in [0.717, 1.165) is 0 Å². The van der Waals surface area contributed by atoms with Crippen LogP contribution in [0.25, 0.3) is 0 Å². The largest absolute Gasteiger partial charge is 0.493 e. The molecule has 4 nitrogen and oxygen atoms in total. The third kappa shape index (κ3) is 4.53. The van der Waals surface area contributed by atoms with Gasteiger partial charge in [0.2, 0.25) is 5.91 Å². The molecular formula is C12H16ClNO3. The number of amides is 1. The number of hydrogen-bond donors (Lipinski definition) is 1. The van der Waals surface area contributed by atoms with Gasteiger partial charge < -0.3 is 14.8 Å². The Balaban J connectivity index is 2.33. The van der Waals surface area contributed by atoms with Crippen LogP contribution in [0.1, 0.15) is 6.92 Å². The van der Waals surface area contributed by atoms with Gasteiger partial charge in [0.25, 0.3) is 0 Å². The van der Waals surface area contributed by atoms with Crippen molar-refractivity contribution in [3.63, 3.8) is 0 Å². The minimum atomic E-state index is -0.527. The van der Waals surface area contributed by atoms with Gasteiger partial charge in [-0.2, -0.15) is 0 Å². The van der Waals surface area contributed by atoms with E-state index in [0.29, 0.717) is 24.7 Å². The summed E-state index contributed by atoms with van der Waals surface area (Å²) in [6, 6.07) is 7.35. The second-order valence-corrected chi connectivity index (χ2v) is 4.06. The number of nitrogens with one attached hydrogen (secondary N) is 1. The molecular weight excluding hydrogens is 242 g/mol. The number of halogens is 1. The van der Waals surface area contributed by atoms with Crippen LogP contribution in [0.5, 0.6) is 11.5 Å². The molecule has 0 aromatic heterocycles. The van der Waals surface area contributed by atoms with Crippen molar-refractivity contribution in [2.24, 2.45) is 0 Å². The van der Waals surface area contributed by atoms with Gasteiger partial charge in [-0.3, -0.25) is 4.79 Å². The Bertz CT molecular complexity index is 369. The van der Waals surface area contributed by atoms with Crippen LogP contribution in [0.2, 0.25) is 0 Å². The summed E-state index contributed by atoms with van der Waals surface area (Å²) in [5, 5.41) is 2.13. The number of carbonyl (C=O) groups is 1. The summed E-state index contributed by atoms with van der Waals surface area (Å²) < 4.78 is 10.6. The Morgan fingerprint density at radius 3 is 2.65 bits per heavy atom. The maximum Gasteiger partial charge on any atom is 0.237 e. The van der Waals surface area contributed by atoms with Crippen molar-refractivity contribution in [1.82, 2.24) is 5.32 Å². The molecule has 1 N–H and O–H groups in total. The third-order valence-corrected chi connectivity index (χ3v) is 2.29. The molecule has 1 amide bonds. The lowest BCUT2D eigenvalue weighted by atomic mass is 10.3. The van der Waals surface area contributed by atoms with Gasteiger partial charge in [-0.1, -0.05) is 12.1 Å². The molecule has 0 aliphatic heterocycles. The van der Waals surface area contributed by atoms with Gasteiger partial charge in [0.05, 0.1) is 13.7 Å². The highest BCUT2D eigenvalue weighted by Gasteiger charge is 2.07. The van der Waals surface area contributed by atoms with E-state index in [1.807, 2.05) is 24.3 Å². The van der Waals surface area contributed by atoms with Crippen molar-refractivity contribution in [3.05, 3.63) is 24.3 Å².